The third-order valence-electron chi connectivity index (χ3n) is 5.02. The van der Waals surface area contributed by atoms with Crippen LogP contribution in [0.2, 0.25) is 0 Å². The van der Waals surface area contributed by atoms with E-state index in [4.69, 9.17) is 0 Å². The Morgan fingerprint density at radius 2 is 1.82 bits per heavy atom. The van der Waals surface area contributed by atoms with Gasteiger partial charge in [0.25, 0.3) is 5.91 Å². The van der Waals surface area contributed by atoms with E-state index in [1.807, 2.05) is 78.5 Å². The number of anilines is 3. The van der Waals surface area contributed by atoms with Crippen molar-refractivity contribution in [3.8, 4) is 0 Å². The molecule has 0 radical (unpaired) electrons. The van der Waals surface area contributed by atoms with Gasteiger partial charge in [0.15, 0.2) is 5.82 Å². The van der Waals surface area contributed by atoms with Crippen LogP contribution in [0, 0.1) is 0 Å². The van der Waals surface area contributed by atoms with Crippen LogP contribution in [0.25, 0.3) is 0 Å². The number of aromatic nitrogens is 1. The number of carbonyl (C=O) groups is 1. The Morgan fingerprint density at radius 3 is 2.61 bits per heavy atom. The van der Waals surface area contributed by atoms with E-state index in [-0.39, 0.29) is 5.91 Å². The van der Waals surface area contributed by atoms with Gasteiger partial charge in [-0.25, -0.2) is 4.98 Å². The molecule has 0 bridgehead atoms. The lowest BCUT2D eigenvalue weighted by Crippen LogP contribution is -2.44. The molecule has 4 rings (SSSR count). The van der Waals surface area contributed by atoms with Crippen molar-refractivity contribution in [1.82, 2.24) is 4.98 Å². The smallest absolute Gasteiger partial charge is 0.258 e. The summed E-state index contributed by atoms with van der Waals surface area (Å²) in [5.74, 6) is 0.868. The van der Waals surface area contributed by atoms with Crippen LogP contribution in [0.5, 0.6) is 0 Å². The van der Waals surface area contributed by atoms with Gasteiger partial charge < -0.3 is 14.7 Å². The van der Waals surface area contributed by atoms with E-state index in [0.29, 0.717) is 12.1 Å². The first kappa shape index (κ1) is 18.0. The van der Waals surface area contributed by atoms with E-state index in [1.165, 1.54) is 5.56 Å². The number of hydrogen-bond acceptors (Lipinski definition) is 4. The molecule has 0 N–H and O–H groups in total. The van der Waals surface area contributed by atoms with E-state index in [0.717, 1.165) is 30.3 Å². The van der Waals surface area contributed by atoms with Gasteiger partial charge in [0.2, 0.25) is 0 Å². The molecule has 5 heteroatoms. The number of carbonyl (C=O) groups excluding carboxylic acids is 1. The molecule has 0 atom stereocenters. The minimum atomic E-state index is 0.0114. The molecule has 0 fully saturated rings. The lowest BCUT2D eigenvalue weighted by Gasteiger charge is -2.36. The monoisotopic (exact) mass is 372 g/mol. The molecule has 1 amide bonds. The molecule has 0 saturated heterocycles. The van der Waals surface area contributed by atoms with Gasteiger partial charge in [-0.15, -0.1) is 0 Å². The first-order valence-corrected chi connectivity index (χ1v) is 9.46. The second kappa shape index (κ2) is 7.72. The molecule has 2 aromatic carbocycles. The Labute approximate surface area is 165 Å². The average Bonchev–Trinajstić information content (AvgIpc) is 2.74. The molecule has 1 aliphatic rings. The topological polar surface area (TPSA) is 39.7 Å². The zero-order valence-electron chi connectivity index (χ0n) is 16.2. The summed E-state index contributed by atoms with van der Waals surface area (Å²) in [5.41, 5.74) is 3.81. The molecule has 0 saturated carbocycles. The van der Waals surface area contributed by atoms with Crippen LogP contribution in [0.1, 0.15) is 15.9 Å². The van der Waals surface area contributed by atoms with Crippen LogP contribution < -0.4 is 14.7 Å². The lowest BCUT2D eigenvalue weighted by molar-refractivity contribution is 0.0986. The van der Waals surface area contributed by atoms with Crippen LogP contribution in [-0.4, -0.2) is 38.1 Å². The van der Waals surface area contributed by atoms with E-state index in [1.54, 1.807) is 6.20 Å². The van der Waals surface area contributed by atoms with Crippen molar-refractivity contribution < 1.29 is 4.79 Å². The highest BCUT2D eigenvalue weighted by molar-refractivity contribution is 6.08. The molecule has 142 valence electrons. The number of rotatable bonds is 4. The summed E-state index contributed by atoms with van der Waals surface area (Å²) in [5, 5.41) is 0. The zero-order valence-corrected chi connectivity index (χ0v) is 16.2. The summed E-state index contributed by atoms with van der Waals surface area (Å²) >= 11 is 0. The number of pyridine rings is 1. The van der Waals surface area contributed by atoms with Crippen LogP contribution in [0.15, 0.2) is 72.9 Å². The maximum Gasteiger partial charge on any atom is 0.258 e. The fourth-order valence-electron chi connectivity index (χ4n) is 3.53. The Hall–Kier alpha value is -3.34. The highest BCUT2D eigenvalue weighted by Gasteiger charge is 2.28. The molecule has 0 unspecified atom stereocenters. The number of benzene rings is 2. The van der Waals surface area contributed by atoms with Gasteiger partial charge in [0.05, 0.1) is 5.69 Å². The van der Waals surface area contributed by atoms with Crippen LogP contribution >= 0.6 is 0 Å². The van der Waals surface area contributed by atoms with Gasteiger partial charge in [0, 0.05) is 51.2 Å². The van der Waals surface area contributed by atoms with Crippen LogP contribution in [-0.2, 0) is 6.54 Å². The van der Waals surface area contributed by atoms with E-state index < -0.39 is 0 Å². The summed E-state index contributed by atoms with van der Waals surface area (Å²) in [6.07, 6.45) is 1.79. The largest absolute Gasteiger partial charge is 0.378 e. The minimum absolute atomic E-state index is 0.0114. The summed E-state index contributed by atoms with van der Waals surface area (Å²) in [4.78, 5) is 23.9. The number of fused-ring (bicyclic) bond motifs is 1. The Bertz CT molecular complexity index is 971. The molecular formula is C23H24N4O. The third-order valence-corrected chi connectivity index (χ3v) is 5.02. The second-order valence-electron chi connectivity index (χ2n) is 7.15. The summed E-state index contributed by atoms with van der Waals surface area (Å²) < 4.78 is 0. The highest BCUT2D eigenvalue weighted by atomic mass is 16.2. The molecule has 2 heterocycles. The van der Waals surface area contributed by atoms with E-state index in [9.17, 15) is 4.79 Å². The quantitative estimate of drug-likeness (QED) is 0.698. The van der Waals surface area contributed by atoms with Crippen molar-refractivity contribution in [1.29, 1.82) is 0 Å². The van der Waals surface area contributed by atoms with E-state index >= 15 is 0 Å². The fraction of sp³-hybridized carbons (Fsp3) is 0.217. The number of nitrogens with zero attached hydrogens (tertiary/aromatic N) is 4. The predicted octanol–water partition coefficient (Wildman–Crippen LogP) is 3.81. The number of hydrogen-bond donors (Lipinski definition) is 0. The fourth-order valence-corrected chi connectivity index (χ4v) is 3.53. The molecule has 28 heavy (non-hydrogen) atoms. The Morgan fingerprint density at radius 1 is 1.00 bits per heavy atom. The van der Waals surface area contributed by atoms with Gasteiger partial charge >= 0.3 is 0 Å². The van der Waals surface area contributed by atoms with Gasteiger partial charge in [-0.05, 0) is 35.9 Å². The summed E-state index contributed by atoms with van der Waals surface area (Å²) in [6.45, 7) is 2.16. The molecule has 0 spiro atoms. The van der Waals surface area contributed by atoms with Gasteiger partial charge in [-0.3, -0.25) is 4.79 Å². The van der Waals surface area contributed by atoms with Crippen LogP contribution in [0.3, 0.4) is 0 Å². The van der Waals surface area contributed by atoms with Crippen molar-refractivity contribution >= 4 is 23.1 Å². The average molecular weight is 372 g/mol. The molecule has 5 nitrogen and oxygen atoms in total. The molecule has 1 aliphatic heterocycles. The second-order valence-corrected chi connectivity index (χ2v) is 7.15. The zero-order chi connectivity index (χ0) is 19.5. The van der Waals surface area contributed by atoms with Crippen molar-refractivity contribution in [3.63, 3.8) is 0 Å². The standard InChI is InChI=1S/C23H24N4O/c1-25(2)20-11-6-10-19(16-20)23(28)27-15-14-26(17-18-8-4-3-5-9-18)22-21(27)12-7-13-24-22/h3-13,16H,14-15,17H2,1-2H3. The first-order chi connectivity index (χ1) is 13.6. The normalized spacial score (nSPS) is 13.2. The van der Waals surface area contributed by atoms with Gasteiger partial charge in [-0.1, -0.05) is 36.4 Å². The molecule has 3 aromatic rings. The maximum absolute atomic E-state index is 13.3. The van der Waals surface area contributed by atoms with Crippen LogP contribution in [0.4, 0.5) is 17.2 Å². The maximum atomic E-state index is 13.3. The van der Waals surface area contributed by atoms with E-state index in [2.05, 4.69) is 22.0 Å². The van der Waals surface area contributed by atoms with Crippen molar-refractivity contribution in [3.05, 3.63) is 84.1 Å². The molecular weight excluding hydrogens is 348 g/mol. The van der Waals surface area contributed by atoms with Crippen molar-refractivity contribution in [2.75, 3.05) is 41.9 Å². The lowest BCUT2D eigenvalue weighted by atomic mass is 10.1. The van der Waals surface area contributed by atoms with Crippen molar-refractivity contribution in [2.24, 2.45) is 0 Å². The highest BCUT2D eigenvalue weighted by Crippen LogP contribution is 2.33. The van der Waals surface area contributed by atoms with Gasteiger partial charge in [0.1, 0.15) is 0 Å². The van der Waals surface area contributed by atoms with Crippen molar-refractivity contribution in [2.45, 2.75) is 6.54 Å². The predicted molar refractivity (Wildman–Crippen MR) is 114 cm³/mol. The Balaban J connectivity index is 1.63. The molecule has 1 aromatic heterocycles. The SMILES string of the molecule is CN(C)c1cccc(C(=O)N2CCN(Cc3ccccc3)c3ncccc32)c1. The third kappa shape index (κ3) is 3.56. The minimum Gasteiger partial charge on any atom is -0.378 e. The molecule has 0 aliphatic carbocycles. The summed E-state index contributed by atoms with van der Waals surface area (Å²) in [6, 6.07) is 22.0. The van der Waals surface area contributed by atoms with Gasteiger partial charge in [-0.2, -0.15) is 0 Å². The Kier molecular flexibility index (Phi) is 4.98. The summed E-state index contributed by atoms with van der Waals surface area (Å²) in [7, 11) is 3.95. The first-order valence-electron chi connectivity index (χ1n) is 9.46. The number of amides is 1.